The summed E-state index contributed by atoms with van der Waals surface area (Å²) >= 11 is 0. The minimum atomic E-state index is -1.07. The summed E-state index contributed by atoms with van der Waals surface area (Å²) in [5, 5.41) is 4.62. The molecule has 0 N–H and O–H groups in total. The number of morpholine rings is 1. The fourth-order valence-electron chi connectivity index (χ4n) is 5.45. The minimum Gasteiger partial charge on any atom is -0.491 e. The molecule has 3 heterocycles. The molecular formula is C30H36N4O4. The predicted molar refractivity (Wildman–Crippen MR) is 145 cm³/mol. The number of amides is 2. The van der Waals surface area contributed by atoms with Gasteiger partial charge in [0.05, 0.1) is 25.4 Å². The summed E-state index contributed by atoms with van der Waals surface area (Å²) in [5.74, 6) is 0.646. The van der Waals surface area contributed by atoms with Crippen LogP contribution in [0.5, 0.6) is 5.75 Å². The first-order valence-electron chi connectivity index (χ1n) is 13.6. The lowest BCUT2D eigenvalue weighted by Crippen LogP contribution is -2.62. The first kappa shape index (κ1) is 26.0. The highest BCUT2D eigenvalue weighted by Crippen LogP contribution is 2.30. The Morgan fingerprint density at radius 3 is 2.63 bits per heavy atom. The van der Waals surface area contributed by atoms with Crippen LogP contribution >= 0.6 is 0 Å². The average Bonchev–Trinajstić information content (AvgIpc) is 3.35. The van der Waals surface area contributed by atoms with Gasteiger partial charge in [-0.2, -0.15) is 5.10 Å². The van der Waals surface area contributed by atoms with Crippen LogP contribution in [-0.4, -0.2) is 76.4 Å². The zero-order valence-corrected chi connectivity index (χ0v) is 22.3. The molecule has 2 amide bonds. The smallest absolute Gasteiger partial charge is 0.274 e. The van der Waals surface area contributed by atoms with Crippen LogP contribution in [0.4, 0.5) is 0 Å². The van der Waals surface area contributed by atoms with E-state index in [9.17, 15) is 9.59 Å². The molecule has 1 spiro atoms. The van der Waals surface area contributed by atoms with Crippen molar-refractivity contribution in [2.75, 3.05) is 39.4 Å². The maximum atomic E-state index is 14.0. The van der Waals surface area contributed by atoms with Crippen LogP contribution in [-0.2, 0) is 16.0 Å². The van der Waals surface area contributed by atoms with E-state index >= 15 is 0 Å². The molecule has 1 atom stereocenters. The molecule has 2 aliphatic rings. The van der Waals surface area contributed by atoms with Gasteiger partial charge in [0.25, 0.3) is 11.8 Å². The largest absolute Gasteiger partial charge is 0.491 e. The van der Waals surface area contributed by atoms with Crippen LogP contribution in [0.2, 0.25) is 0 Å². The summed E-state index contributed by atoms with van der Waals surface area (Å²) in [5.41, 5.74) is 2.27. The summed E-state index contributed by atoms with van der Waals surface area (Å²) in [7, 11) is 0. The molecule has 0 aliphatic carbocycles. The molecule has 38 heavy (non-hydrogen) atoms. The van der Waals surface area contributed by atoms with Gasteiger partial charge < -0.3 is 19.3 Å². The Bertz CT molecular complexity index is 1270. The number of fused-ring (bicyclic) bond motifs is 1. The van der Waals surface area contributed by atoms with Crippen molar-refractivity contribution in [2.45, 2.75) is 45.1 Å². The number of likely N-dealkylation sites (N-methyl/N-ethyl adjacent to an activating group) is 1. The molecule has 8 heteroatoms. The van der Waals surface area contributed by atoms with Crippen molar-refractivity contribution in [1.29, 1.82) is 0 Å². The van der Waals surface area contributed by atoms with E-state index in [-0.39, 0.29) is 18.4 Å². The van der Waals surface area contributed by atoms with Gasteiger partial charge in [-0.3, -0.25) is 9.59 Å². The van der Waals surface area contributed by atoms with Crippen molar-refractivity contribution in [2.24, 2.45) is 0 Å². The van der Waals surface area contributed by atoms with Gasteiger partial charge in [0, 0.05) is 18.8 Å². The van der Waals surface area contributed by atoms with Crippen molar-refractivity contribution in [3.63, 3.8) is 0 Å². The highest BCUT2D eigenvalue weighted by atomic mass is 16.5. The third kappa shape index (κ3) is 5.31. The van der Waals surface area contributed by atoms with Crippen molar-refractivity contribution < 1.29 is 19.1 Å². The molecule has 8 nitrogen and oxygen atoms in total. The van der Waals surface area contributed by atoms with E-state index in [0.29, 0.717) is 45.0 Å². The Hall–Kier alpha value is -3.65. The van der Waals surface area contributed by atoms with Crippen LogP contribution in [0.1, 0.15) is 47.9 Å². The third-order valence-corrected chi connectivity index (χ3v) is 7.51. The number of benzene rings is 2. The third-order valence-electron chi connectivity index (χ3n) is 7.51. The number of carbonyl (C=O) groups excluding carboxylic acids is 2. The van der Waals surface area contributed by atoms with Gasteiger partial charge in [0.15, 0.2) is 11.3 Å². The van der Waals surface area contributed by atoms with Crippen LogP contribution < -0.4 is 4.74 Å². The fourth-order valence-corrected chi connectivity index (χ4v) is 5.45. The predicted octanol–water partition coefficient (Wildman–Crippen LogP) is 4.05. The first-order chi connectivity index (χ1) is 18.5. The van der Waals surface area contributed by atoms with Gasteiger partial charge in [-0.1, -0.05) is 36.4 Å². The van der Waals surface area contributed by atoms with Crippen LogP contribution in [0.3, 0.4) is 0 Å². The number of nitrogens with zero attached hydrogens (tertiary/aromatic N) is 4. The Morgan fingerprint density at radius 2 is 1.82 bits per heavy atom. The van der Waals surface area contributed by atoms with Crippen molar-refractivity contribution in [3.05, 3.63) is 77.6 Å². The van der Waals surface area contributed by atoms with E-state index in [1.807, 2.05) is 68.4 Å². The Balaban J connectivity index is 1.37. The number of hydrogen-bond donors (Lipinski definition) is 0. The zero-order chi connectivity index (χ0) is 26.5. The number of ether oxygens (including phenoxy) is 2. The number of aryl methyl sites for hydroxylation is 2. The van der Waals surface area contributed by atoms with Crippen LogP contribution in [0.25, 0.3) is 5.69 Å². The molecule has 3 aromatic rings. The normalized spacial score (nSPS) is 20.8. The topological polar surface area (TPSA) is 76.9 Å². The quantitative estimate of drug-likeness (QED) is 0.525. The standard InChI is InChI=1S/C30H36N4O4/c1-3-32-17-19-37-27-15-8-7-11-24(27)12-9-10-16-30(29(32)36)22-33(18-20-38-30)28(35)26-21-23(2)34(31-26)25-13-5-4-6-14-25/h4-8,11,13-15,21H,3,9-10,12,16-20,22H2,1-2H3. The van der Waals surface area contributed by atoms with E-state index in [1.165, 1.54) is 5.56 Å². The summed E-state index contributed by atoms with van der Waals surface area (Å²) in [4.78, 5) is 31.1. The lowest BCUT2D eigenvalue weighted by molar-refractivity contribution is -0.170. The summed E-state index contributed by atoms with van der Waals surface area (Å²) in [6.07, 6.45) is 3.14. The fraction of sp³-hybridized carbons (Fsp3) is 0.433. The molecular weight excluding hydrogens is 480 g/mol. The maximum Gasteiger partial charge on any atom is 0.274 e. The molecule has 1 saturated heterocycles. The number of hydrogen-bond acceptors (Lipinski definition) is 5. The molecule has 1 fully saturated rings. The second-order valence-electron chi connectivity index (χ2n) is 10.0. The second-order valence-corrected chi connectivity index (χ2v) is 10.0. The molecule has 1 unspecified atom stereocenters. The molecule has 5 rings (SSSR count). The highest BCUT2D eigenvalue weighted by molar-refractivity contribution is 5.94. The molecule has 0 radical (unpaired) electrons. The van der Waals surface area contributed by atoms with Gasteiger partial charge in [-0.15, -0.1) is 0 Å². The SMILES string of the molecule is CCN1CCOc2ccccc2CCCCC2(CN(C(=O)c3cc(C)n(-c4ccccc4)n3)CCO2)C1=O. The van der Waals surface area contributed by atoms with E-state index < -0.39 is 5.60 Å². The number of aromatic nitrogens is 2. The molecule has 0 saturated carbocycles. The Kier molecular flexibility index (Phi) is 7.79. The van der Waals surface area contributed by atoms with Crippen molar-refractivity contribution in [1.82, 2.24) is 19.6 Å². The maximum absolute atomic E-state index is 14.0. The van der Waals surface area contributed by atoms with Gasteiger partial charge in [0.2, 0.25) is 0 Å². The van der Waals surface area contributed by atoms with E-state index in [0.717, 1.165) is 36.4 Å². The Morgan fingerprint density at radius 1 is 1.03 bits per heavy atom. The van der Waals surface area contributed by atoms with Gasteiger partial charge in [-0.25, -0.2) is 4.68 Å². The molecule has 200 valence electrons. The molecule has 2 aromatic carbocycles. The molecule has 1 aromatic heterocycles. The highest BCUT2D eigenvalue weighted by Gasteiger charge is 2.46. The summed E-state index contributed by atoms with van der Waals surface area (Å²) < 4.78 is 14.1. The molecule has 0 bridgehead atoms. The van der Waals surface area contributed by atoms with E-state index in [2.05, 4.69) is 11.2 Å². The molecule has 2 aliphatic heterocycles. The lowest BCUT2D eigenvalue weighted by Gasteiger charge is -2.43. The monoisotopic (exact) mass is 516 g/mol. The van der Waals surface area contributed by atoms with Crippen LogP contribution in [0, 0.1) is 6.92 Å². The second kappa shape index (κ2) is 11.4. The number of rotatable bonds is 3. The first-order valence-corrected chi connectivity index (χ1v) is 13.6. The van der Waals surface area contributed by atoms with Gasteiger partial charge in [0.1, 0.15) is 12.4 Å². The van der Waals surface area contributed by atoms with Gasteiger partial charge >= 0.3 is 0 Å². The van der Waals surface area contributed by atoms with Crippen molar-refractivity contribution >= 4 is 11.8 Å². The van der Waals surface area contributed by atoms with Gasteiger partial charge in [-0.05, 0) is 69.4 Å². The zero-order valence-electron chi connectivity index (χ0n) is 22.3. The Labute approximate surface area is 224 Å². The lowest BCUT2D eigenvalue weighted by atomic mass is 9.91. The summed E-state index contributed by atoms with van der Waals surface area (Å²) in [6, 6.07) is 19.7. The van der Waals surface area contributed by atoms with E-state index in [4.69, 9.17) is 9.47 Å². The van der Waals surface area contributed by atoms with E-state index in [1.54, 1.807) is 14.5 Å². The number of para-hydroxylation sites is 2. The average molecular weight is 517 g/mol. The van der Waals surface area contributed by atoms with Crippen molar-refractivity contribution in [3.8, 4) is 11.4 Å². The summed E-state index contributed by atoms with van der Waals surface area (Å²) in [6.45, 7) is 6.28. The number of carbonyl (C=O) groups is 2. The minimum absolute atomic E-state index is 0.0686. The van der Waals surface area contributed by atoms with Crippen LogP contribution in [0.15, 0.2) is 60.7 Å².